The van der Waals surface area contributed by atoms with Crippen molar-refractivity contribution in [3.63, 3.8) is 0 Å². The maximum Gasteiger partial charge on any atom is 0.276 e. The fourth-order valence-corrected chi connectivity index (χ4v) is 5.39. The number of pyridine rings is 1. The van der Waals surface area contributed by atoms with Crippen LogP contribution in [0.15, 0.2) is 23.1 Å². The second-order valence-corrected chi connectivity index (χ2v) is 8.97. The average Bonchev–Trinajstić information content (AvgIpc) is 3.35. The highest BCUT2D eigenvalue weighted by molar-refractivity contribution is 6.30. The Hall–Kier alpha value is -2.98. The number of halogens is 3. The maximum absolute atomic E-state index is 14.1. The van der Waals surface area contributed by atoms with Crippen molar-refractivity contribution in [2.24, 2.45) is 0 Å². The zero-order chi connectivity index (χ0) is 23.7. The van der Waals surface area contributed by atoms with E-state index in [1.165, 1.54) is 10.8 Å². The third-order valence-electron chi connectivity index (χ3n) is 6.63. The highest BCUT2D eigenvalue weighted by Crippen LogP contribution is 2.52. The number of aromatic hydroxyl groups is 1. The molecule has 33 heavy (non-hydrogen) atoms. The van der Waals surface area contributed by atoms with Crippen molar-refractivity contribution in [3.8, 4) is 5.75 Å². The van der Waals surface area contributed by atoms with E-state index >= 15 is 0 Å². The SMILES string of the molecule is C[C@@H]1CN2C(=O)c3c(O)c(=O)c(C(=O)NCc4ccc(F)c(Cl)c4F)cn3[C@@H]3CCCC32O1. The van der Waals surface area contributed by atoms with Crippen LogP contribution in [0.25, 0.3) is 0 Å². The van der Waals surface area contributed by atoms with Gasteiger partial charge >= 0.3 is 0 Å². The average molecular weight is 480 g/mol. The number of hydrogen-bond acceptors (Lipinski definition) is 5. The molecule has 8 nitrogen and oxygen atoms in total. The first-order valence-electron chi connectivity index (χ1n) is 10.5. The molecule has 3 atom stereocenters. The molecule has 2 amide bonds. The lowest BCUT2D eigenvalue weighted by atomic mass is 9.99. The molecule has 1 aromatic heterocycles. The largest absolute Gasteiger partial charge is 0.503 e. The maximum atomic E-state index is 14.1. The van der Waals surface area contributed by atoms with E-state index in [1.54, 1.807) is 4.90 Å². The van der Waals surface area contributed by atoms with Crippen molar-refractivity contribution in [1.29, 1.82) is 0 Å². The summed E-state index contributed by atoms with van der Waals surface area (Å²) >= 11 is 5.56. The minimum atomic E-state index is -1.02. The Balaban J connectivity index is 1.51. The zero-order valence-electron chi connectivity index (χ0n) is 17.5. The zero-order valence-corrected chi connectivity index (χ0v) is 18.3. The molecule has 0 radical (unpaired) electrons. The van der Waals surface area contributed by atoms with Crippen molar-refractivity contribution in [2.75, 3.05) is 6.54 Å². The van der Waals surface area contributed by atoms with Crippen LogP contribution in [0.1, 0.15) is 58.6 Å². The lowest BCUT2D eigenvalue weighted by molar-refractivity contribution is -0.116. The van der Waals surface area contributed by atoms with Gasteiger partial charge in [0.1, 0.15) is 22.2 Å². The number of nitrogens with zero attached hydrogens (tertiary/aromatic N) is 2. The van der Waals surface area contributed by atoms with Crippen molar-refractivity contribution >= 4 is 23.4 Å². The quantitative estimate of drug-likeness (QED) is 0.659. The monoisotopic (exact) mass is 479 g/mol. The summed E-state index contributed by atoms with van der Waals surface area (Å²) < 4.78 is 35.1. The van der Waals surface area contributed by atoms with E-state index < -0.39 is 50.9 Å². The second-order valence-electron chi connectivity index (χ2n) is 8.59. The van der Waals surface area contributed by atoms with Gasteiger partial charge in [0.05, 0.1) is 12.1 Å². The molecule has 5 rings (SSSR count). The molecule has 2 aliphatic heterocycles. The summed E-state index contributed by atoms with van der Waals surface area (Å²) in [6.07, 6.45) is 3.04. The Morgan fingerprint density at radius 2 is 2.12 bits per heavy atom. The van der Waals surface area contributed by atoms with Crippen LogP contribution in [0.5, 0.6) is 5.75 Å². The van der Waals surface area contributed by atoms with Gasteiger partial charge in [-0.2, -0.15) is 0 Å². The van der Waals surface area contributed by atoms with Gasteiger partial charge in [-0.1, -0.05) is 17.7 Å². The molecule has 1 aliphatic carbocycles. The number of hydrogen-bond donors (Lipinski definition) is 2. The van der Waals surface area contributed by atoms with E-state index in [9.17, 15) is 28.3 Å². The second kappa shape index (κ2) is 7.53. The Morgan fingerprint density at radius 3 is 2.88 bits per heavy atom. The van der Waals surface area contributed by atoms with Gasteiger partial charge < -0.3 is 24.6 Å². The summed E-state index contributed by atoms with van der Waals surface area (Å²) in [5, 5.41) is 12.3. The predicted octanol–water partition coefficient (Wildman–Crippen LogP) is 2.71. The lowest BCUT2D eigenvalue weighted by Crippen LogP contribution is -2.56. The van der Waals surface area contributed by atoms with Crippen LogP contribution in [0, 0.1) is 11.6 Å². The molecule has 1 saturated heterocycles. The standard InChI is InChI=1S/C22H20ClF2N3O5/c1-10-8-28-21(32)17-19(30)18(29)12(9-27(17)14-3-2-6-22(14,28)33-10)20(31)26-7-11-4-5-13(24)15(23)16(11)25/h4-5,9-10,14,30H,2-3,6-8H2,1H3,(H,26,31)/t10-,14-,22?/m1/s1. The summed E-state index contributed by atoms with van der Waals surface area (Å²) in [4.78, 5) is 40.3. The van der Waals surface area contributed by atoms with E-state index in [-0.39, 0.29) is 29.9 Å². The highest BCUT2D eigenvalue weighted by Gasteiger charge is 2.60. The molecule has 3 aliphatic rings. The normalized spacial score (nSPS) is 25.6. The number of amides is 2. The van der Waals surface area contributed by atoms with Gasteiger partial charge in [-0.25, -0.2) is 8.78 Å². The smallest absolute Gasteiger partial charge is 0.276 e. The summed E-state index contributed by atoms with van der Waals surface area (Å²) in [5.41, 5.74) is -2.55. The summed E-state index contributed by atoms with van der Waals surface area (Å²) in [7, 11) is 0. The molecule has 1 spiro atoms. The molecule has 1 unspecified atom stereocenters. The van der Waals surface area contributed by atoms with Crippen LogP contribution in [0.4, 0.5) is 8.78 Å². The van der Waals surface area contributed by atoms with Gasteiger partial charge in [-0.15, -0.1) is 0 Å². The number of carbonyl (C=O) groups excluding carboxylic acids is 2. The van der Waals surface area contributed by atoms with Crippen LogP contribution >= 0.6 is 11.6 Å². The molecular weight excluding hydrogens is 460 g/mol. The number of rotatable bonds is 3. The predicted molar refractivity (Wildman–Crippen MR) is 112 cm³/mol. The van der Waals surface area contributed by atoms with Crippen molar-refractivity contribution in [3.05, 3.63) is 62.0 Å². The minimum absolute atomic E-state index is 0.0778. The van der Waals surface area contributed by atoms with E-state index in [4.69, 9.17) is 16.3 Å². The van der Waals surface area contributed by atoms with Crippen LogP contribution in [0.3, 0.4) is 0 Å². The topological polar surface area (TPSA) is 101 Å². The van der Waals surface area contributed by atoms with Gasteiger partial charge in [0.2, 0.25) is 5.43 Å². The number of benzene rings is 1. The number of carbonyl (C=O) groups is 2. The van der Waals surface area contributed by atoms with Gasteiger partial charge in [0.15, 0.2) is 17.2 Å². The summed E-state index contributed by atoms with van der Waals surface area (Å²) in [6, 6.07) is 1.72. The molecule has 1 saturated carbocycles. The number of ether oxygens (including phenoxy) is 1. The first-order valence-corrected chi connectivity index (χ1v) is 10.9. The Labute approximate surface area is 191 Å². The van der Waals surface area contributed by atoms with Crippen molar-refractivity contribution < 1.29 is 28.2 Å². The molecular formula is C22H20ClF2N3O5. The first-order chi connectivity index (χ1) is 15.7. The van der Waals surface area contributed by atoms with E-state index in [2.05, 4.69) is 5.32 Å². The van der Waals surface area contributed by atoms with Gasteiger partial charge in [-0.05, 0) is 32.3 Å². The van der Waals surface area contributed by atoms with Crippen LogP contribution in [-0.2, 0) is 11.3 Å². The van der Waals surface area contributed by atoms with Gasteiger partial charge in [-0.3, -0.25) is 14.4 Å². The number of fused-ring (bicyclic) bond motifs is 2. The van der Waals surface area contributed by atoms with E-state index in [0.29, 0.717) is 19.4 Å². The van der Waals surface area contributed by atoms with Crippen molar-refractivity contribution in [1.82, 2.24) is 14.8 Å². The minimum Gasteiger partial charge on any atom is -0.503 e. The molecule has 11 heteroatoms. The van der Waals surface area contributed by atoms with Crippen LogP contribution in [0.2, 0.25) is 5.02 Å². The van der Waals surface area contributed by atoms with E-state index in [0.717, 1.165) is 18.6 Å². The molecule has 1 aromatic carbocycles. The Morgan fingerprint density at radius 1 is 1.36 bits per heavy atom. The lowest BCUT2D eigenvalue weighted by Gasteiger charge is -2.44. The third-order valence-corrected chi connectivity index (χ3v) is 6.97. The third kappa shape index (κ3) is 3.07. The van der Waals surface area contributed by atoms with Crippen LogP contribution < -0.4 is 10.7 Å². The Bertz CT molecular complexity index is 1270. The molecule has 2 N–H and O–H groups in total. The van der Waals surface area contributed by atoms with Crippen LogP contribution in [-0.4, -0.2) is 44.8 Å². The number of nitrogens with one attached hydrogen (secondary N) is 1. The summed E-state index contributed by atoms with van der Waals surface area (Å²) in [6.45, 7) is 1.83. The fourth-order valence-electron chi connectivity index (χ4n) is 5.21. The summed E-state index contributed by atoms with van der Waals surface area (Å²) in [5.74, 6) is -4.18. The fraction of sp³-hybridized carbons (Fsp3) is 0.409. The molecule has 0 bridgehead atoms. The van der Waals surface area contributed by atoms with Gasteiger partial charge in [0.25, 0.3) is 11.8 Å². The molecule has 174 valence electrons. The van der Waals surface area contributed by atoms with Crippen molar-refractivity contribution in [2.45, 2.75) is 50.6 Å². The highest BCUT2D eigenvalue weighted by atomic mass is 35.5. The van der Waals surface area contributed by atoms with E-state index in [1.807, 2.05) is 6.92 Å². The Kier molecular flexibility index (Phi) is 4.98. The first kappa shape index (κ1) is 21.8. The van der Waals surface area contributed by atoms with Gasteiger partial charge in [0, 0.05) is 24.8 Å². The molecule has 3 heterocycles. The molecule has 2 aromatic rings. The molecule has 2 fully saturated rings. The number of aromatic nitrogens is 1.